The highest BCUT2D eigenvalue weighted by Crippen LogP contribution is 2.32. The molecule has 0 saturated heterocycles. The fourth-order valence-electron chi connectivity index (χ4n) is 3.77. The Hall–Kier alpha value is -4.73. The summed E-state index contributed by atoms with van der Waals surface area (Å²) in [4.78, 5) is 25.1. The molecule has 0 spiro atoms. The monoisotopic (exact) mass is 438 g/mol. The minimum Gasteiger partial charge on any atom is -0.497 e. The van der Waals surface area contributed by atoms with Gasteiger partial charge >= 0.3 is 0 Å². The molecule has 0 fully saturated rings. The number of aromatic nitrogens is 8. The van der Waals surface area contributed by atoms with Gasteiger partial charge in [0.05, 0.1) is 23.7 Å². The van der Waals surface area contributed by atoms with Gasteiger partial charge in [0.15, 0.2) is 11.5 Å². The number of pyridine rings is 2. The van der Waals surface area contributed by atoms with Crippen LogP contribution in [0, 0.1) is 5.82 Å². The zero-order valence-corrected chi connectivity index (χ0v) is 17.2. The van der Waals surface area contributed by atoms with E-state index >= 15 is 0 Å². The fourth-order valence-corrected chi connectivity index (χ4v) is 3.77. The van der Waals surface area contributed by atoms with Crippen LogP contribution in [0.25, 0.3) is 56.0 Å². The van der Waals surface area contributed by atoms with Crippen LogP contribution in [0.15, 0.2) is 61.4 Å². The minimum atomic E-state index is -0.416. The van der Waals surface area contributed by atoms with Crippen molar-refractivity contribution < 1.29 is 9.13 Å². The number of H-pyrrole nitrogens is 2. The average Bonchev–Trinajstić information content (AvgIpc) is 3.47. The Labute approximate surface area is 185 Å². The number of hydrogen-bond acceptors (Lipinski definition) is 7. The van der Waals surface area contributed by atoms with Crippen molar-refractivity contribution in [3.05, 3.63) is 67.3 Å². The Bertz CT molecular complexity index is 1630. The molecule has 5 aromatic heterocycles. The van der Waals surface area contributed by atoms with Crippen LogP contribution >= 0.6 is 0 Å². The summed E-state index contributed by atoms with van der Waals surface area (Å²) in [6, 6.07) is 8.22. The third kappa shape index (κ3) is 3.24. The normalized spacial score (nSPS) is 11.3. The summed E-state index contributed by atoms with van der Waals surface area (Å²) in [7, 11) is 1.49. The van der Waals surface area contributed by atoms with Crippen molar-refractivity contribution in [2.75, 3.05) is 7.11 Å². The van der Waals surface area contributed by atoms with Crippen LogP contribution in [0.5, 0.6) is 5.75 Å². The lowest BCUT2D eigenvalue weighted by molar-refractivity contribution is 0.411. The molecule has 6 rings (SSSR count). The molecule has 0 radical (unpaired) electrons. The Morgan fingerprint density at radius 1 is 0.909 bits per heavy atom. The zero-order valence-electron chi connectivity index (χ0n) is 17.2. The first-order valence-electron chi connectivity index (χ1n) is 9.99. The van der Waals surface area contributed by atoms with E-state index in [0.29, 0.717) is 39.7 Å². The summed E-state index contributed by atoms with van der Waals surface area (Å²) >= 11 is 0. The van der Waals surface area contributed by atoms with Crippen LogP contribution in [0.2, 0.25) is 0 Å². The molecule has 2 N–H and O–H groups in total. The number of imidazole rings is 1. The largest absolute Gasteiger partial charge is 0.497 e. The molecule has 0 unspecified atom stereocenters. The first-order chi connectivity index (χ1) is 16.2. The molecular formula is C23H15FN8O. The number of fused-ring (bicyclic) bond motifs is 2. The van der Waals surface area contributed by atoms with E-state index in [1.165, 1.54) is 25.6 Å². The lowest BCUT2D eigenvalue weighted by atomic mass is 10.1. The predicted octanol–water partition coefficient (Wildman–Crippen LogP) is 4.17. The maximum Gasteiger partial charge on any atom is 0.159 e. The van der Waals surface area contributed by atoms with Gasteiger partial charge in [0.1, 0.15) is 29.1 Å². The van der Waals surface area contributed by atoms with E-state index in [1.54, 1.807) is 30.9 Å². The number of halogens is 1. The summed E-state index contributed by atoms with van der Waals surface area (Å²) in [5, 5.41) is 8.16. The lowest BCUT2D eigenvalue weighted by Gasteiger charge is -2.05. The van der Waals surface area contributed by atoms with Crippen LogP contribution < -0.4 is 4.74 Å². The molecule has 0 aliphatic carbocycles. The summed E-state index contributed by atoms with van der Waals surface area (Å²) in [5.41, 5.74) is 5.37. The highest BCUT2D eigenvalue weighted by Gasteiger charge is 2.17. The van der Waals surface area contributed by atoms with E-state index in [-0.39, 0.29) is 0 Å². The van der Waals surface area contributed by atoms with Crippen molar-refractivity contribution in [2.24, 2.45) is 0 Å². The van der Waals surface area contributed by atoms with Gasteiger partial charge in [-0.25, -0.2) is 24.3 Å². The lowest BCUT2D eigenvalue weighted by Crippen LogP contribution is -1.90. The quantitative estimate of drug-likeness (QED) is 0.424. The molecule has 0 aliphatic heterocycles. The first kappa shape index (κ1) is 19.0. The maximum absolute atomic E-state index is 14.1. The third-order valence-corrected chi connectivity index (χ3v) is 5.32. The number of nitrogens with one attached hydrogen (secondary N) is 2. The van der Waals surface area contributed by atoms with E-state index in [2.05, 4.69) is 35.1 Å². The van der Waals surface area contributed by atoms with Crippen LogP contribution in [0.1, 0.15) is 0 Å². The molecule has 0 saturated carbocycles. The summed E-state index contributed by atoms with van der Waals surface area (Å²) in [5.74, 6) is 0.527. The average molecular weight is 438 g/mol. The van der Waals surface area contributed by atoms with E-state index in [1.807, 2.05) is 12.1 Å². The Morgan fingerprint density at radius 2 is 1.79 bits per heavy atom. The highest BCUT2D eigenvalue weighted by atomic mass is 19.1. The first-order valence-corrected chi connectivity index (χ1v) is 9.99. The van der Waals surface area contributed by atoms with Gasteiger partial charge in [-0.3, -0.25) is 10.1 Å². The third-order valence-electron chi connectivity index (χ3n) is 5.32. The van der Waals surface area contributed by atoms with Gasteiger partial charge in [0.25, 0.3) is 0 Å². The van der Waals surface area contributed by atoms with E-state index < -0.39 is 5.82 Å². The Kier molecular flexibility index (Phi) is 4.29. The molecule has 5 heterocycles. The van der Waals surface area contributed by atoms with Crippen LogP contribution in [-0.2, 0) is 0 Å². The van der Waals surface area contributed by atoms with Gasteiger partial charge in [-0.15, -0.1) is 0 Å². The number of methoxy groups -OCH3 is 1. The highest BCUT2D eigenvalue weighted by molar-refractivity contribution is 5.96. The van der Waals surface area contributed by atoms with E-state index in [4.69, 9.17) is 9.72 Å². The van der Waals surface area contributed by atoms with Crippen molar-refractivity contribution in [3.63, 3.8) is 0 Å². The minimum absolute atomic E-state index is 0.404. The van der Waals surface area contributed by atoms with E-state index in [9.17, 15) is 4.39 Å². The van der Waals surface area contributed by atoms with Gasteiger partial charge < -0.3 is 9.72 Å². The van der Waals surface area contributed by atoms with Crippen molar-refractivity contribution in [1.82, 2.24) is 40.1 Å². The maximum atomic E-state index is 14.1. The van der Waals surface area contributed by atoms with Gasteiger partial charge in [0, 0.05) is 47.5 Å². The topological polar surface area (TPSA) is 118 Å². The number of benzene rings is 1. The Morgan fingerprint density at radius 3 is 2.64 bits per heavy atom. The molecule has 33 heavy (non-hydrogen) atoms. The number of aromatic amines is 2. The molecule has 0 atom stereocenters. The summed E-state index contributed by atoms with van der Waals surface area (Å²) in [6.07, 6.45) is 8.31. The zero-order chi connectivity index (χ0) is 22.4. The second kappa shape index (κ2) is 7.45. The van der Waals surface area contributed by atoms with Gasteiger partial charge in [-0.1, -0.05) is 0 Å². The van der Waals surface area contributed by atoms with Crippen LogP contribution in [-0.4, -0.2) is 47.2 Å². The molecule has 1 aromatic carbocycles. The summed E-state index contributed by atoms with van der Waals surface area (Å²) in [6.45, 7) is 0. The smallest absolute Gasteiger partial charge is 0.159 e. The standard InChI is InChI=1S/C23H15FN8O/c1-33-16-5-12(4-15(24)7-16)19-21-18(2-3-27-19)29-23(30-21)20-17-6-13(10-28-22(17)32-31-20)14-8-25-11-26-9-14/h2-11H,1H3,(H,29,30)(H,28,31,32). The van der Waals surface area contributed by atoms with Crippen molar-refractivity contribution >= 4 is 22.1 Å². The number of ether oxygens (including phenoxy) is 1. The summed E-state index contributed by atoms with van der Waals surface area (Å²) < 4.78 is 19.3. The van der Waals surface area contributed by atoms with Gasteiger partial charge in [0.2, 0.25) is 0 Å². The molecule has 0 amide bonds. The molecular weight excluding hydrogens is 423 g/mol. The molecule has 0 bridgehead atoms. The van der Waals surface area contributed by atoms with Crippen LogP contribution in [0.4, 0.5) is 4.39 Å². The van der Waals surface area contributed by atoms with Gasteiger partial charge in [-0.2, -0.15) is 5.10 Å². The second-order valence-electron chi connectivity index (χ2n) is 7.34. The van der Waals surface area contributed by atoms with Crippen molar-refractivity contribution in [3.8, 4) is 39.7 Å². The number of rotatable bonds is 4. The number of hydrogen-bond donors (Lipinski definition) is 2. The molecule has 10 heteroatoms. The Balaban J connectivity index is 1.50. The molecule has 9 nitrogen and oxygen atoms in total. The number of nitrogens with zero attached hydrogens (tertiary/aromatic N) is 6. The SMILES string of the molecule is COc1cc(F)cc(-c2nccc3[nH]c(-c4n[nH]c5ncc(-c6cncnc6)cc45)nc23)c1. The molecule has 6 aromatic rings. The predicted molar refractivity (Wildman–Crippen MR) is 120 cm³/mol. The molecule has 0 aliphatic rings. The van der Waals surface area contributed by atoms with E-state index in [0.717, 1.165) is 22.0 Å². The van der Waals surface area contributed by atoms with Crippen LogP contribution in [0.3, 0.4) is 0 Å². The second-order valence-corrected chi connectivity index (χ2v) is 7.34. The van der Waals surface area contributed by atoms with Gasteiger partial charge in [-0.05, 0) is 24.3 Å². The van der Waals surface area contributed by atoms with Crippen molar-refractivity contribution in [1.29, 1.82) is 0 Å². The molecule has 160 valence electrons. The van der Waals surface area contributed by atoms with Crippen molar-refractivity contribution in [2.45, 2.75) is 0 Å². The fraction of sp³-hybridized carbons (Fsp3) is 0.0435.